The minimum Gasteiger partial charge on any atom is -0.375 e. The number of nitrogens with zero attached hydrogens (tertiary/aromatic N) is 1. The second-order valence-electron chi connectivity index (χ2n) is 6.38. The van der Waals surface area contributed by atoms with Gasteiger partial charge in [0.1, 0.15) is 0 Å². The van der Waals surface area contributed by atoms with Crippen molar-refractivity contribution in [3.05, 3.63) is 0 Å². The molecule has 0 unspecified atom stereocenters. The lowest BCUT2D eigenvalue weighted by molar-refractivity contribution is 0.132. The zero-order chi connectivity index (χ0) is 11.5. The maximum absolute atomic E-state index is 5.50. The summed E-state index contributed by atoms with van der Waals surface area (Å²) in [6, 6.07) is 0. The van der Waals surface area contributed by atoms with Gasteiger partial charge in [0.25, 0.3) is 0 Å². The summed E-state index contributed by atoms with van der Waals surface area (Å²) in [6.07, 6.45) is 1.49. The van der Waals surface area contributed by atoms with Crippen LogP contribution >= 0.6 is 34.8 Å². The average Bonchev–Trinajstić information content (AvgIpc) is 2.97. The van der Waals surface area contributed by atoms with E-state index in [-0.39, 0.29) is 0 Å². The van der Waals surface area contributed by atoms with Gasteiger partial charge in [0.05, 0.1) is 0 Å². The molecule has 90 valence electrons. The summed E-state index contributed by atoms with van der Waals surface area (Å²) >= 11 is 7.59. The van der Waals surface area contributed by atoms with Crippen molar-refractivity contribution in [2.75, 3.05) is 0 Å². The van der Waals surface area contributed by atoms with Gasteiger partial charge in [0, 0.05) is 21.5 Å². The number of hydrogen-bond acceptors (Lipinski definition) is 2. The molecule has 0 aromatic carbocycles. The predicted molar refractivity (Wildman–Crippen MR) is 77.7 cm³/mol. The van der Waals surface area contributed by atoms with Crippen molar-refractivity contribution in [3.63, 3.8) is 0 Å². The van der Waals surface area contributed by atoms with Crippen LogP contribution in [0.1, 0.15) is 6.42 Å². The quantitative estimate of drug-likeness (QED) is 0.322. The molecule has 6 aliphatic carbocycles. The summed E-state index contributed by atoms with van der Waals surface area (Å²) in [4.78, 5) is 0. The zero-order valence-corrected chi connectivity index (χ0v) is 12.2. The van der Waals surface area contributed by atoms with Crippen LogP contribution in [0.2, 0.25) is 0 Å². The maximum atomic E-state index is 5.50. The number of hydrogen-bond donors (Lipinski definition) is 2. The van der Waals surface area contributed by atoms with E-state index in [2.05, 4.69) is 33.1 Å². The number of hydrazone groups is 1. The molecule has 9 atom stereocenters. The molecule has 3 nitrogen and oxygen atoms in total. The van der Waals surface area contributed by atoms with E-state index in [9.17, 15) is 0 Å². The van der Waals surface area contributed by atoms with Crippen LogP contribution in [0.5, 0.6) is 0 Å². The van der Waals surface area contributed by atoms with Crippen LogP contribution < -0.4 is 11.2 Å². The monoisotopic (exact) mass is 359 g/mol. The average molecular weight is 359 g/mol. The molecular formula is C12H14IN3S. The molecule has 6 rings (SSSR count). The topological polar surface area (TPSA) is 50.4 Å². The highest BCUT2D eigenvalue weighted by atomic mass is 127. The Balaban J connectivity index is 1.62. The molecule has 6 saturated carbocycles. The number of thiocarbonyl (C=S) groups is 1. The molecule has 0 aliphatic heterocycles. The lowest BCUT2D eigenvalue weighted by Crippen LogP contribution is -2.30. The van der Waals surface area contributed by atoms with Gasteiger partial charge in [-0.2, -0.15) is 5.10 Å². The fourth-order valence-electron chi connectivity index (χ4n) is 6.49. The highest BCUT2D eigenvalue weighted by Crippen LogP contribution is 2.82. The third-order valence-electron chi connectivity index (χ3n) is 6.34. The number of rotatable bonds is 1. The van der Waals surface area contributed by atoms with Crippen LogP contribution in [-0.2, 0) is 0 Å². The molecule has 0 aromatic heterocycles. The summed E-state index contributed by atoms with van der Waals surface area (Å²) in [7, 11) is 0. The molecule has 17 heavy (non-hydrogen) atoms. The van der Waals surface area contributed by atoms with Crippen molar-refractivity contribution < 1.29 is 0 Å². The summed E-state index contributed by atoms with van der Waals surface area (Å²) < 4.78 is 0.921. The molecule has 0 radical (unpaired) electrons. The zero-order valence-electron chi connectivity index (χ0n) is 9.21. The van der Waals surface area contributed by atoms with Crippen molar-refractivity contribution in [3.8, 4) is 0 Å². The Morgan fingerprint density at radius 2 is 2.00 bits per heavy atom. The fourth-order valence-corrected chi connectivity index (χ4v) is 8.48. The first-order valence-electron chi connectivity index (χ1n) is 6.47. The molecule has 0 aromatic rings. The number of alkyl halides is 1. The number of nitrogens with one attached hydrogen (secondary N) is 1. The van der Waals surface area contributed by atoms with Crippen LogP contribution in [0.4, 0.5) is 0 Å². The van der Waals surface area contributed by atoms with Gasteiger partial charge in [-0.25, -0.2) is 0 Å². The smallest absolute Gasteiger partial charge is 0.184 e. The van der Waals surface area contributed by atoms with Gasteiger partial charge in [-0.05, 0) is 54.1 Å². The van der Waals surface area contributed by atoms with E-state index < -0.39 is 0 Å². The largest absolute Gasteiger partial charge is 0.375 e. The van der Waals surface area contributed by atoms with Gasteiger partial charge in [-0.1, -0.05) is 22.6 Å². The van der Waals surface area contributed by atoms with Crippen molar-refractivity contribution in [1.82, 2.24) is 5.43 Å². The van der Waals surface area contributed by atoms with Gasteiger partial charge < -0.3 is 5.73 Å². The van der Waals surface area contributed by atoms with Crippen molar-refractivity contribution >= 4 is 45.6 Å². The first-order chi connectivity index (χ1) is 8.20. The third-order valence-corrected chi connectivity index (χ3v) is 8.09. The molecule has 5 heteroatoms. The van der Waals surface area contributed by atoms with E-state index in [4.69, 9.17) is 18.0 Å². The van der Waals surface area contributed by atoms with Gasteiger partial charge in [-0.15, -0.1) is 0 Å². The lowest BCUT2D eigenvalue weighted by atomic mass is 9.71. The van der Waals surface area contributed by atoms with E-state index in [1.807, 2.05) is 0 Å². The number of nitrogens with two attached hydrogens (primary N) is 1. The highest BCUT2D eigenvalue weighted by molar-refractivity contribution is 14.1. The molecule has 0 spiro atoms. The van der Waals surface area contributed by atoms with E-state index >= 15 is 0 Å². The Morgan fingerprint density at radius 1 is 1.24 bits per heavy atom. The minimum absolute atomic E-state index is 0.307. The molecule has 0 heterocycles. The second kappa shape index (κ2) is 2.81. The number of halogens is 1. The first kappa shape index (κ1) is 9.95. The van der Waals surface area contributed by atoms with Crippen LogP contribution in [0.15, 0.2) is 5.10 Å². The molecule has 6 aliphatic rings. The summed E-state index contributed by atoms with van der Waals surface area (Å²) in [5.41, 5.74) is 9.78. The van der Waals surface area contributed by atoms with Crippen LogP contribution in [-0.4, -0.2) is 14.7 Å². The van der Waals surface area contributed by atoms with E-state index in [0.717, 1.165) is 51.3 Å². The molecular weight excluding hydrogens is 345 g/mol. The Bertz CT molecular complexity index is 476. The second-order valence-corrected chi connectivity index (χ2v) is 8.26. The van der Waals surface area contributed by atoms with E-state index in [1.165, 1.54) is 12.1 Å². The summed E-state index contributed by atoms with van der Waals surface area (Å²) in [5.74, 6) is 7.46. The third kappa shape index (κ3) is 0.856. The van der Waals surface area contributed by atoms with Crippen LogP contribution in [0.25, 0.3) is 0 Å². The molecule has 6 fully saturated rings. The SMILES string of the molecule is NC(=S)N/N=C1\[C@@H]2[C@@H]3C[C@@H]4[C@@H]5[C@@H](I)[C@@H]([C@@H]1[C@@H]35)[C@@H]42. The minimum atomic E-state index is 0.307. The van der Waals surface area contributed by atoms with Gasteiger partial charge in [0.15, 0.2) is 5.11 Å². The first-order valence-corrected chi connectivity index (χ1v) is 8.12. The van der Waals surface area contributed by atoms with Gasteiger partial charge >= 0.3 is 0 Å². The highest BCUT2D eigenvalue weighted by Gasteiger charge is 2.82. The lowest BCUT2D eigenvalue weighted by Gasteiger charge is -2.32. The Morgan fingerprint density at radius 3 is 2.71 bits per heavy atom. The molecule has 0 saturated heterocycles. The van der Waals surface area contributed by atoms with Crippen molar-refractivity contribution in [1.29, 1.82) is 0 Å². The van der Waals surface area contributed by atoms with Crippen molar-refractivity contribution in [2.24, 2.45) is 58.2 Å². The molecule has 0 amide bonds. The van der Waals surface area contributed by atoms with Gasteiger partial charge in [0.2, 0.25) is 0 Å². The van der Waals surface area contributed by atoms with E-state index in [0.29, 0.717) is 5.11 Å². The van der Waals surface area contributed by atoms with Crippen molar-refractivity contribution in [2.45, 2.75) is 10.3 Å². The Labute approximate surface area is 119 Å². The van der Waals surface area contributed by atoms with Gasteiger partial charge in [-0.3, -0.25) is 5.43 Å². The standard InChI is InChI=1S/C12H14IN3S/c13-10-6-2-1-3-4(6)9-8(10)5(2)7(3)11(9)15-16-12(14)17/h2-10H,1H2,(H3,14,16,17)/b15-11+/t2-,3+,4-,5-,6-,7+,8+,9-,10+/m0/s1. The molecule has 6 bridgehead atoms. The fraction of sp³-hybridized carbons (Fsp3) is 0.833. The van der Waals surface area contributed by atoms with Crippen LogP contribution in [0, 0.1) is 47.3 Å². The van der Waals surface area contributed by atoms with E-state index in [1.54, 1.807) is 0 Å². The maximum Gasteiger partial charge on any atom is 0.184 e. The van der Waals surface area contributed by atoms with Crippen LogP contribution in [0.3, 0.4) is 0 Å². The molecule has 3 N–H and O–H groups in total. The Hall–Kier alpha value is 0.0900. The Kier molecular flexibility index (Phi) is 1.65. The summed E-state index contributed by atoms with van der Waals surface area (Å²) in [6.45, 7) is 0. The predicted octanol–water partition coefficient (Wildman–Crippen LogP) is 1.37. The summed E-state index contributed by atoms with van der Waals surface area (Å²) in [5, 5.41) is 4.88. The normalized spacial score (nSPS) is 65.7.